The second-order valence-corrected chi connectivity index (χ2v) is 5.01. The van der Waals surface area contributed by atoms with Gasteiger partial charge in [0.25, 0.3) is 0 Å². The Morgan fingerprint density at radius 2 is 1.86 bits per heavy atom. The topological polar surface area (TPSA) is 76.1 Å². The van der Waals surface area contributed by atoms with Gasteiger partial charge in [0.15, 0.2) is 17.5 Å². The Hall–Kier alpha value is -2.24. The summed E-state index contributed by atoms with van der Waals surface area (Å²) in [5.41, 5.74) is 0.502. The number of benzene rings is 1. The SMILES string of the molecule is COc1ccc(C(C(=O)O)N(C(C)=O)C2CC2)cc1OC. The molecule has 0 heterocycles. The minimum Gasteiger partial charge on any atom is -0.493 e. The van der Waals surface area contributed by atoms with E-state index in [9.17, 15) is 14.7 Å². The Morgan fingerprint density at radius 1 is 1.24 bits per heavy atom. The van der Waals surface area contributed by atoms with Gasteiger partial charge in [-0.15, -0.1) is 0 Å². The van der Waals surface area contributed by atoms with Crippen LogP contribution in [0.25, 0.3) is 0 Å². The van der Waals surface area contributed by atoms with Gasteiger partial charge >= 0.3 is 5.97 Å². The summed E-state index contributed by atoms with van der Waals surface area (Å²) in [6, 6.07) is 3.91. The number of carbonyl (C=O) groups is 2. The van der Waals surface area contributed by atoms with Crippen LogP contribution in [0.3, 0.4) is 0 Å². The molecule has 0 bridgehead atoms. The first-order valence-electron chi connectivity index (χ1n) is 6.73. The summed E-state index contributed by atoms with van der Waals surface area (Å²) in [6.07, 6.45) is 1.69. The number of hydrogen-bond donors (Lipinski definition) is 1. The first-order valence-corrected chi connectivity index (χ1v) is 6.73. The van der Waals surface area contributed by atoms with Gasteiger partial charge in [0.05, 0.1) is 14.2 Å². The van der Waals surface area contributed by atoms with Crippen LogP contribution in [0.4, 0.5) is 0 Å². The number of hydrogen-bond acceptors (Lipinski definition) is 4. The Labute approximate surface area is 123 Å². The summed E-state index contributed by atoms with van der Waals surface area (Å²) in [5.74, 6) is -0.323. The number of carbonyl (C=O) groups excluding carboxylic acids is 1. The zero-order valence-electron chi connectivity index (χ0n) is 12.3. The Bertz CT molecular complexity index is 553. The molecule has 6 heteroatoms. The van der Waals surface area contributed by atoms with Crippen molar-refractivity contribution in [3.63, 3.8) is 0 Å². The number of rotatable bonds is 6. The molecule has 1 fully saturated rings. The molecule has 2 rings (SSSR count). The van der Waals surface area contributed by atoms with Crippen LogP contribution in [0, 0.1) is 0 Å². The predicted octanol–water partition coefficient (Wildman–Crippen LogP) is 1.84. The van der Waals surface area contributed by atoms with Crippen molar-refractivity contribution in [1.82, 2.24) is 4.90 Å². The Morgan fingerprint density at radius 3 is 2.29 bits per heavy atom. The lowest BCUT2D eigenvalue weighted by Crippen LogP contribution is -2.39. The molecule has 0 aromatic heterocycles. The highest BCUT2D eigenvalue weighted by Gasteiger charge is 2.40. The highest BCUT2D eigenvalue weighted by molar-refractivity contribution is 5.84. The van der Waals surface area contributed by atoms with E-state index in [2.05, 4.69) is 0 Å². The molecule has 1 amide bonds. The maximum Gasteiger partial charge on any atom is 0.331 e. The normalized spacial score (nSPS) is 15.2. The monoisotopic (exact) mass is 293 g/mol. The average molecular weight is 293 g/mol. The van der Waals surface area contributed by atoms with E-state index < -0.39 is 12.0 Å². The lowest BCUT2D eigenvalue weighted by atomic mass is 10.0. The molecule has 0 aliphatic heterocycles. The van der Waals surface area contributed by atoms with Crippen LogP contribution >= 0.6 is 0 Å². The second-order valence-electron chi connectivity index (χ2n) is 5.01. The zero-order chi connectivity index (χ0) is 15.6. The fourth-order valence-corrected chi connectivity index (χ4v) is 2.45. The van der Waals surface area contributed by atoms with E-state index in [1.807, 2.05) is 0 Å². The van der Waals surface area contributed by atoms with Crippen LogP contribution in [-0.4, -0.2) is 42.1 Å². The molecule has 1 aliphatic rings. The van der Waals surface area contributed by atoms with Crippen molar-refractivity contribution < 1.29 is 24.2 Å². The average Bonchev–Trinajstić information content (AvgIpc) is 3.27. The van der Waals surface area contributed by atoms with Gasteiger partial charge < -0.3 is 19.5 Å². The number of carboxylic acids is 1. The minimum absolute atomic E-state index is 0.0108. The number of ether oxygens (including phenoxy) is 2. The summed E-state index contributed by atoms with van der Waals surface area (Å²) in [5, 5.41) is 9.55. The van der Waals surface area contributed by atoms with Crippen LogP contribution in [0.1, 0.15) is 31.4 Å². The van der Waals surface area contributed by atoms with Gasteiger partial charge in [-0.3, -0.25) is 4.79 Å². The number of nitrogens with zero attached hydrogens (tertiary/aromatic N) is 1. The van der Waals surface area contributed by atoms with Gasteiger partial charge in [-0.1, -0.05) is 6.07 Å². The zero-order valence-corrected chi connectivity index (χ0v) is 12.3. The molecule has 0 radical (unpaired) electrons. The van der Waals surface area contributed by atoms with Crippen molar-refractivity contribution in [3.05, 3.63) is 23.8 Å². The minimum atomic E-state index is -1.05. The van der Waals surface area contributed by atoms with Gasteiger partial charge in [0.1, 0.15) is 0 Å². The molecule has 1 atom stereocenters. The molecule has 0 spiro atoms. The highest BCUT2D eigenvalue weighted by atomic mass is 16.5. The maximum absolute atomic E-state index is 11.8. The second kappa shape index (κ2) is 6.03. The lowest BCUT2D eigenvalue weighted by Gasteiger charge is -2.28. The van der Waals surface area contributed by atoms with Gasteiger partial charge in [0, 0.05) is 13.0 Å². The molecule has 1 aromatic carbocycles. The number of aliphatic carboxylic acids is 1. The summed E-state index contributed by atoms with van der Waals surface area (Å²) in [4.78, 5) is 24.9. The van der Waals surface area contributed by atoms with Gasteiger partial charge in [-0.05, 0) is 30.5 Å². The molecule has 114 valence electrons. The molecule has 1 aliphatic carbocycles. The van der Waals surface area contributed by atoms with Crippen molar-refractivity contribution in [3.8, 4) is 11.5 Å². The van der Waals surface area contributed by atoms with E-state index in [1.165, 1.54) is 26.0 Å². The first kappa shape index (κ1) is 15.2. The van der Waals surface area contributed by atoms with Gasteiger partial charge in [-0.2, -0.15) is 0 Å². The molecule has 1 aromatic rings. The quantitative estimate of drug-likeness (QED) is 0.866. The smallest absolute Gasteiger partial charge is 0.331 e. The molecule has 1 N–H and O–H groups in total. The first-order chi connectivity index (χ1) is 9.99. The molecule has 0 saturated heterocycles. The van der Waals surface area contributed by atoms with Gasteiger partial charge in [-0.25, -0.2) is 4.79 Å². The number of amides is 1. The fraction of sp³-hybridized carbons (Fsp3) is 0.467. The van der Waals surface area contributed by atoms with Gasteiger partial charge in [0.2, 0.25) is 5.91 Å². The van der Waals surface area contributed by atoms with E-state index in [0.29, 0.717) is 17.1 Å². The fourth-order valence-electron chi connectivity index (χ4n) is 2.45. The Balaban J connectivity index is 2.42. The molecule has 21 heavy (non-hydrogen) atoms. The van der Waals surface area contributed by atoms with Crippen molar-refractivity contribution in [1.29, 1.82) is 0 Å². The predicted molar refractivity (Wildman–Crippen MR) is 75.5 cm³/mol. The molecular weight excluding hydrogens is 274 g/mol. The summed E-state index contributed by atoms with van der Waals surface area (Å²) >= 11 is 0. The summed E-state index contributed by atoms with van der Waals surface area (Å²) < 4.78 is 10.3. The summed E-state index contributed by atoms with van der Waals surface area (Å²) in [6.45, 7) is 1.40. The van der Waals surface area contributed by atoms with E-state index >= 15 is 0 Å². The standard InChI is InChI=1S/C15H19NO5/c1-9(17)16(11-5-6-11)14(15(18)19)10-4-7-12(20-2)13(8-10)21-3/h4,7-8,11,14H,5-6H2,1-3H3,(H,18,19). The molecule has 1 unspecified atom stereocenters. The van der Waals surface area contributed by atoms with Crippen molar-refractivity contribution in [2.24, 2.45) is 0 Å². The van der Waals surface area contributed by atoms with E-state index in [0.717, 1.165) is 12.8 Å². The number of methoxy groups -OCH3 is 2. The Kier molecular flexibility index (Phi) is 4.35. The molecular formula is C15H19NO5. The van der Waals surface area contributed by atoms with E-state index in [1.54, 1.807) is 18.2 Å². The van der Waals surface area contributed by atoms with Crippen LogP contribution in [-0.2, 0) is 9.59 Å². The lowest BCUT2D eigenvalue weighted by molar-refractivity contribution is -0.150. The summed E-state index contributed by atoms with van der Waals surface area (Å²) in [7, 11) is 3.00. The highest BCUT2D eigenvalue weighted by Crippen LogP contribution is 2.37. The number of carboxylic acid groups (broad SMARTS) is 1. The third kappa shape index (κ3) is 3.09. The van der Waals surface area contributed by atoms with Crippen molar-refractivity contribution in [2.75, 3.05) is 14.2 Å². The van der Waals surface area contributed by atoms with Crippen LogP contribution in [0.2, 0.25) is 0 Å². The third-order valence-electron chi connectivity index (χ3n) is 3.54. The van der Waals surface area contributed by atoms with Crippen LogP contribution in [0.15, 0.2) is 18.2 Å². The molecule has 1 saturated carbocycles. The van der Waals surface area contributed by atoms with Crippen molar-refractivity contribution in [2.45, 2.75) is 31.8 Å². The van der Waals surface area contributed by atoms with Crippen LogP contribution < -0.4 is 9.47 Å². The van der Waals surface area contributed by atoms with Crippen LogP contribution in [0.5, 0.6) is 11.5 Å². The largest absolute Gasteiger partial charge is 0.493 e. The van der Waals surface area contributed by atoms with E-state index in [-0.39, 0.29) is 11.9 Å². The van der Waals surface area contributed by atoms with E-state index in [4.69, 9.17) is 9.47 Å². The maximum atomic E-state index is 11.8. The third-order valence-corrected chi connectivity index (χ3v) is 3.54. The molecule has 6 nitrogen and oxygen atoms in total. The van der Waals surface area contributed by atoms with Crippen molar-refractivity contribution >= 4 is 11.9 Å².